The van der Waals surface area contributed by atoms with Crippen molar-refractivity contribution in [2.24, 2.45) is 0 Å². The van der Waals surface area contributed by atoms with E-state index in [9.17, 15) is 4.79 Å². The van der Waals surface area contributed by atoms with Gasteiger partial charge >= 0.3 is 0 Å². The van der Waals surface area contributed by atoms with Gasteiger partial charge in [0.1, 0.15) is 11.2 Å². The van der Waals surface area contributed by atoms with Crippen molar-refractivity contribution in [3.05, 3.63) is 150 Å². The van der Waals surface area contributed by atoms with E-state index in [2.05, 4.69) is 108 Å². The molecule has 0 aliphatic heterocycles. The molecule has 218 valence electrons. The predicted molar refractivity (Wildman–Crippen MR) is 198 cm³/mol. The molecule has 47 heavy (non-hydrogen) atoms. The van der Waals surface area contributed by atoms with Crippen LogP contribution in [0.1, 0.15) is 0 Å². The molecule has 0 saturated heterocycles. The van der Waals surface area contributed by atoms with Crippen molar-refractivity contribution in [2.75, 3.05) is 0 Å². The minimum atomic E-state index is 0.00347. The van der Waals surface area contributed by atoms with Gasteiger partial charge in [-0.3, -0.25) is 4.79 Å². The summed E-state index contributed by atoms with van der Waals surface area (Å²) in [6, 6.07) is 49.1. The molecule has 3 nitrogen and oxygen atoms in total. The largest absolute Gasteiger partial charge is 0.456 e. The van der Waals surface area contributed by atoms with Crippen LogP contribution in [0.4, 0.5) is 0 Å². The summed E-state index contributed by atoms with van der Waals surface area (Å²) in [5.41, 5.74) is 9.57. The second-order valence-electron chi connectivity index (χ2n) is 12.4. The van der Waals surface area contributed by atoms with Crippen LogP contribution in [-0.2, 0) is 0 Å². The summed E-state index contributed by atoms with van der Waals surface area (Å²) in [6.45, 7) is 0. The van der Waals surface area contributed by atoms with Crippen molar-refractivity contribution in [3.63, 3.8) is 0 Å². The summed E-state index contributed by atoms with van der Waals surface area (Å²) < 4.78 is 11.2. The Morgan fingerprint density at radius 3 is 2.06 bits per heavy atom. The Balaban J connectivity index is 1.11. The average Bonchev–Trinajstić information content (AvgIpc) is 3.78. The van der Waals surface area contributed by atoms with Crippen molar-refractivity contribution in [3.8, 4) is 22.3 Å². The van der Waals surface area contributed by atoms with E-state index < -0.39 is 0 Å². The van der Waals surface area contributed by atoms with Gasteiger partial charge in [-0.05, 0) is 82.9 Å². The molecule has 0 unspecified atom stereocenters. The van der Waals surface area contributed by atoms with Gasteiger partial charge in [0, 0.05) is 41.7 Å². The molecule has 4 heterocycles. The minimum Gasteiger partial charge on any atom is -0.456 e. The Bertz CT molecular complexity index is 3160. The molecule has 7 aromatic carbocycles. The average molecular weight is 618 g/mol. The zero-order valence-corrected chi connectivity index (χ0v) is 25.8. The Hall–Kier alpha value is -5.97. The van der Waals surface area contributed by atoms with Crippen molar-refractivity contribution in [2.45, 2.75) is 0 Å². The Kier molecular flexibility index (Phi) is 4.87. The van der Waals surface area contributed by atoms with E-state index in [1.54, 1.807) is 0 Å². The molecule has 0 spiro atoms. The van der Waals surface area contributed by atoms with Crippen LogP contribution in [0.5, 0.6) is 0 Å². The molecule has 0 amide bonds. The topological polar surface area (TPSA) is 34.6 Å². The fraction of sp³-hybridized carbons (Fsp3) is 0. The van der Waals surface area contributed by atoms with E-state index in [0.29, 0.717) is 21.9 Å². The zero-order chi connectivity index (χ0) is 30.8. The van der Waals surface area contributed by atoms with Crippen LogP contribution in [0.25, 0.3) is 102 Å². The lowest BCUT2D eigenvalue weighted by Gasteiger charge is -2.08. The van der Waals surface area contributed by atoms with Crippen LogP contribution in [0.3, 0.4) is 0 Å². The molecule has 0 bridgehead atoms. The van der Waals surface area contributed by atoms with Crippen LogP contribution in [0.15, 0.2) is 149 Å². The summed E-state index contributed by atoms with van der Waals surface area (Å²) in [7, 11) is 0. The maximum Gasteiger partial charge on any atom is 0.200 e. The third kappa shape index (κ3) is 3.37. The second kappa shape index (κ2) is 9.06. The number of benzene rings is 7. The van der Waals surface area contributed by atoms with Crippen molar-refractivity contribution in [1.29, 1.82) is 0 Å². The number of aromatic nitrogens is 1. The van der Waals surface area contributed by atoms with E-state index in [1.165, 1.54) is 69.4 Å². The molecule has 0 radical (unpaired) electrons. The normalized spacial score (nSPS) is 12.3. The quantitative estimate of drug-likeness (QED) is 0.181. The number of hydrogen-bond donors (Lipinski definition) is 0. The molecule has 0 saturated carbocycles. The fourth-order valence-corrected chi connectivity index (χ4v) is 8.94. The molecule has 11 aromatic rings. The van der Waals surface area contributed by atoms with Crippen LogP contribution in [0.2, 0.25) is 0 Å². The highest BCUT2D eigenvalue weighted by Gasteiger charge is 2.18. The number of thiophene rings is 1. The predicted octanol–water partition coefficient (Wildman–Crippen LogP) is 11.8. The summed E-state index contributed by atoms with van der Waals surface area (Å²) in [5.74, 6) is 0. The summed E-state index contributed by atoms with van der Waals surface area (Å²) in [6.07, 6.45) is 0. The van der Waals surface area contributed by atoms with Crippen LogP contribution >= 0.6 is 11.3 Å². The van der Waals surface area contributed by atoms with E-state index in [-0.39, 0.29) is 5.43 Å². The number of fused-ring (bicyclic) bond motifs is 11. The first-order valence-corrected chi connectivity index (χ1v) is 16.6. The molecular weight excluding hydrogens is 595 g/mol. The fourth-order valence-electron chi connectivity index (χ4n) is 7.83. The second-order valence-corrected chi connectivity index (χ2v) is 13.5. The first kappa shape index (κ1) is 25.2. The van der Waals surface area contributed by atoms with Crippen LogP contribution < -0.4 is 5.43 Å². The van der Waals surface area contributed by atoms with Crippen LogP contribution in [0, 0.1) is 0 Å². The van der Waals surface area contributed by atoms with Crippen molar-refractivity contribution in [1.82, 2.24) is 4.40 Å². The molecule has 4 aromatic heterocycles. The molecular formula is C43H23NO2S. The monoisotopic (exact) mass is 617 g/mol. The summed E-state index contributed by atoms with van der Waals surface area (Å²) in [5, 5.41) is 8.83. The Morgan fingerprint density at radius 1 is 0.468 bits per heavy atom. The van der Waals surface area contributed by atoms with E-state index >= 15 is 0 Å². The van der Waals surface area contributed by atoms with Crippen molar-refractivity contribution >= 4 is 91.5 Å². The van der Waals surface area contributed by atoms with E-state index in [0.717, 1.165) is 11.1 Å². The SMILES string of the molecule is O=c1c2ccccc2oc2cc(-c3cccc4sc5ccc(-c6ccc7c(c6)c6cccc8c9ccccc9n7c86)cc5c34)ccc12. The maximum atomic E-state index is 13.2. The van der Waals surface area contributed by atoms with Gasteiger partial charge in [-0.15, -0.1) is 11.3 Å². The lowest BCUT2D eigenvalue weighted by atomic mass is 9.96. The summed E-state index contributed by atoms with van der Waals surface area (Å²) in [4.78, 5) is 13.2. The highest BCUT2D eigenvalue weighted by Crippen LogP contribution is 2.44. The number of hydrogen-bond acceptors (Lipinski definition) is 3. The molecule has 0 aliphatic rings. The van der Waals surface area contributed by atoms with E-state index in [4.69, 9.17) is 4.42 Å². The summed E-state index contributed by atoms with van der Waals surface area (Å²) >= 11 is 1.82. The molecule has 11 rings (SSSR count). The number of nitrogens with zero attached hydrogens (tertiary/aromatic N) is 1. The Morgan fingerprint density at radius 2 is 1.15 bits per heavy atom. The molecule has 0 fully saturated rings. The lowest BCUT2D eigenvalue weighted by molar-refractivity contribution is 0.660. The van der Waals surface area contributed by atoms with Gasteiger partial charge in [0.15, 0.2) is 0 Å². The van der Waals surface area contributed by atoms with E-state index in [1.807, 2.05) is 47.7 Å². The lowest BCUT2D eigenvalue weighted by Crippen LogP contribution is -2.01. The van der Waals surface area contributed by atoms with Gasteiger partial charge in [-0.1, -0.05) is 78.9 Å². The smallest absolute Gasteiger partial charge is 0.200 e. The molecule has 4 heteroatoms. The zero-order valence-electron chi connectivity index (χ0n) is 25.0. The third-order valence-electron chi connectivity index (χ3n) is 9.94. The van der Waals surface area contributed by atoms with Gasteiger partial charge in [0.2, 0.25) is 5.43 Å². The van der Waals surface area contributed by atoms with Gasteiger partial charge in [0.05, 0.1) is 27.3 Å². The number of para-hydroxylation sites is 3. The van der Waals surface area contributed by atoms with Crippen molar-refractivity contribution < 1.29 is 4.42 Å². The number of rotatable bonds is 2. The first-order chi connectivity index (χ1) is 23.2. The van der Waals surface area contributed by atoms with Gasteiger partial charge in [-0.2, -0.15) is 0 Å². The Labute approximate surface area is 271 Å². The maximum absolute atomic E-state index is 13.2. The van der Waals surface area contributed by atoms with Crippen LogP contribution in [-0.4, -0.2) is 4.40 Å². The first-order valence-electron chi connectivity index (χ1n) is 15.8. The van der Waals surface area contributed by atoms with Gasteiger partial charge in [0.25, 0.3) is 0 Å². The highest BCUT2D eigenvalue weighted by molar-refractivity contribution is 7.26. The molecule has 0 atom stereocenters. The van der Waals surface area contributed by atoms with Gasteiger partial charge in [-0.25, -0.2) is 0 Å². The third-order valence-corrected chi connectivity index (χ3v) is 11.1. The minimum absolute atomic E-state index is 0.00347. The standard InChI is InChI=1S/C43H23NO2S/c45-43-31-8-2-4-13-37(31)46-38-23-26(15-18-32(38)43)27-9-6-14-40-41(27)34-22-25(17-20-39(34)47-40)24-16-19-36-33(21-24)30-11-5-10-29-28-7-1-3-12-35(28)44(36)42(29)30/h1-23H. The highest BCUT2D eigenvalue weighted by atomic mass is 32.1. The van der Waals surface area contributed by atoms with Gasteiger partial charge < -0.3 is 8.82 Å². The molecule has 0 N–H and O–H groups in total. The molecule has 0 aliphatic carbocycles.